The van der Waals surface area contributed by atoms with Gasteiger partial charge in [-0.3, -0.25) is 4.79 Å². The van der Waals surface area contributed by atoms with Crippen molar-refractivity contribution in [2.24, 2.45) is 5.92 Å². The lowest BCUT2D eigenvalue weighted by Crippen LogP contribution is -2.41. The third-order valence-corrected chi connectivity index (χ3v) is 3.07. The average Bonchev–Trinajstić information content (AvgIpc) is 2.28. The van der Waals surface area contributed by atoms with E-state index in [2.05, 4.69) is 17.3 Å². The molecule has 0 aromatic rings. The Labute approximate surface area is 98.3 Å². The van der Waals surface area contributed by atoms with Gasteiger partial charge >= 0.3 is 0 Å². The number of carbonyl (C=O) groups excluding carboxylic acids is 1. The number of piperidine rings is 1. The summed E-state index contributed by atoms with van der Waals surface area (Å²) in [4.78, 5) is 14.0. The smallest absolute Gasteiger partial charge is 0.224 e. The van der Waals surface area contributed by atoms with Crippen LogP contribution in [0, 0.1) is 5.92 Å². The Bertz CT molecular complexity index is 209. The molecule has 0 unspecified atom stereocenters. The van der Waals surface area contributed by atoms with Crippen molar-refractivity contribution in [1.29, 1.82) is 0 Å². The number of unbranched alkanes of at least 4 members (excludes halogenated alkanes) is 1. The molecule has 0 radical (unpaired) electrons. The molecule has 1 fully saturated rings. The maximum absolute atomic E-state index is 11.8. The molecule has 1 aliphatic rings. The molecule has 0 aromatic heterocycles. The largest absolute Gasteiger partial charge is 0.385 e. The van der Waals surface area contributed by atoms with Crippen LogP contribution >= 0.6 is 0 Å². The van der Waals surface area contributed by atoms with E-state index in [4.69, 9.17) is 4.74 Å². The number of carbonyl (C=O) groups is 1. The highest BCUT2D eigenvalue weighted by Gasteiger charge is 2.23. The highest BCUT2D eigenvalue weighted by molar-refractivity contribution is 5.78. The number of likely N-dealkylation sites (tertiary alicyclic amines) is 1. The number of amides is 1. The summed E-state index contributed by atoms with van der Waals surface area (Å²) in [6.07, 6.45) is 4.19. The van der Waals surface area contributed by atoms with Crippen molar-refractivity contribution in [3.8, 4) is 0 Å². The normalized spacial score (nSPS) is 22.0. The zero-order chi connectivity index (χ0) is 11.8. The van der Waals surface area contributed by atoms with Crippen molar-refractivity contribution in [3.05, 3.63) is 0 Å². The van der Waals surface area contributed by atoms with Crippen LogP contribution in [0.2, 0.25) is 0 Å². The molecule has 4 nitrogen and oxygen atoms in total. The van der Waals surface area contributed by atoms with E-state index in [1.165, 1.54) is 0 Å². The molecule has 1 heterocycles. The van der Waals surface area contributed by atoms with Gasteiger partial charge in [0.2, 0.25) is 5.91 Å². The maximum Gasteiger partial charge on any atom is 0.224 e. The minimum atomic E-state index is 0.196. The minimum absolute atomic E-state index is 0.196. The van der Waals surface area contributed by atoms with Gasteiger partial charge in [0.05, 0.1) is 5.92 Å². The molecule has 4 heteroatoms. The minimum Gasteiger partial charge on any atom is -0.385 e. The van der Waals surface area contributed by atoms with Gasteiger partial charge in [-0.2, -0.15) is 0 Å². The summed E-state index contributed by atoms with van der Waals surface area (Å²) < 4.78 is 4.96. The molecule has 94 valence electrons. The Morgan fingerprint density at radius 2 is 2.31 bits per heavy atom. The fourth-order valence-corrected chi connectivity index (χ4v) is 2.11. The van der Waals surface area contributed by atoms with E-state index in [1.54, 1.807) is 7.11 Å². The summed E-state index contributed by atoms with van der Waals surface area (Å²) in [7, 11) is 3.79. The molecule has 16 heavy (non-hydrogen) atoms. The van der Waals surface area contributed by atoms with Gasteiger partial charge in [0, 0.05) is 26.8 Å². The van der Waals surface area contributed by atoms with E-state index >= 15 is 0 Å². The quantitative estimate of drug-likeness (QED) is 0.686. The van der Waals surface area contributed by atoms with Gasteiger partial charge in [0.15, 0.2) is 0 Å². The van der Waals surface area contributed by atoms with Crippen LogP contribution in [-0.2, 0) is 9.53 Å². The van der Waals surface area contributed by atoms with Crippen molar-refractivity contribution < 1.29 is 9.53 Å². The molecule has 1 rings (SSSR count). The van der Waals surface area contributed by atoms with Crippen LogP contribution in [0.1, 0.15) is 25.7 Å². The summed E-state index contributed by atoms with van der Waals surface area (Å²) in [6, 6.07) is 0. The van der Waals surface area contributed by atoms with Crippen LogP contribution in [0.3, 0.4) is 0 Å². The van der Waals surface area contributed by atoms with Crippen LogP contribution in [-0.4, -0.2) is 51.2 Å². The van der Waals surface area contributed by atoms with Gasteiger partial charge in [-0.05, 0) is 39.3 Å². The molecule has 1 N–H and O–H groups in total. The number of hydrogen-bond acceptors (Lipinski definition) is 3. The van der Waals surface area contributed by atoms with Gasteiger partial charge in [-0.15, -0.1) is 0 Å². The van der Waals surface area contributed by atoms with Gasteiger partial charge in [-0.1, -0.05) is 0 Å². The maximum atomic E-state index is 11.8. The van der Waals surface area contributed by atoms with E-state index < -0.39 is 0 Å². The van der Waals surface area contributed by atoms with Crippen molar-refractivity contribution in [2.75, 3.05) is 40.4 Å². The van der Waals surface area contributed by atoms with Crippen LogP contribution in [0.4, 0.5) is 0 Å². The Balaban J connectivity index is 2.09. The SMILES string of the molecule is COCCCCNC(=O)[C@@H]1CCCN(C)C1. The second-order valence-corrected chi connectivity index (χ2v) is 4.59. The number of rotatable bonds is 6. The number of nitrogens with one attached hydrogen (secondary N) is 1. The van der Waals surface area contributed by atoms with Crippen molar-refractivity contribution in [2.45, 2.75) is 25.7 Å². The van der Waals surface area contributed by atoms with Crippen LogP contribution in [0.25, 0.3) is 0 Å². The van der Waals surface area contributed by atoms with E-state index in [0.29, 0.717) is 0 Å². The summed E-state index contributed by atoms with van der Waals surface area (Å²) in [5, 5.41) is 3.01. The van der Waals surface area contributed by atoms with E-state index in [-0.39, 0.29) is 11.8 Å². The predicted molar refractivity (Wildman–Crippen MR) is 64.3 cm³/mol. The Morgan fingerprint density at radius 1 is 1.50 bits per heavy atom. The lowest BCUT2D eigenvalue weighted by Gasteiger charge is -2.28. The molecule has 0 saturated carbocycles. The lowest BCUT2D eigenvalue weighted by atomic mass is 9.97. The zero-order valence-corrected chi connectivity index (χ0v) is 10.5. The monoisotopic (exact) mass is 228 g/mol. The molecule has 1 aliphatic heterocycles. The molecule has 0 aromatic carbocycles. The molecule has 1 amide bonds. The summed E-state index contributed by atoms with van der Waals surface area (Å²) in [5.74, 6) is 0.421. The molecular formula is C12H24N2O2. The second kappa shape index (κ2) is 7.63. The Morgan fingerprint density at radius 3 is 3.00 bits per heavy atom. The zero-order valence-electron chi connectivity index (χ0n) is 10.5. The highest BCUT2D eigenvalue weighted by atomic mass is 16.5. The number of ether oxygens (including phenoxy) is 1. The first-order valence-electron chi connectivity index (χ1n) is 6.19. The molecule has 1 saturated heterocycles. The topological polar surface area (TPSA) is 41.6 Å². The first-order valence-corrected chi connectivity index (χ1v) is 6.19. The average molecular weight is 228 g/mol. The number of nitrogens with zero attached hydrogens (tertiary/aromatic N) is 1. The van der Waals surface area contributed by atoms with Gasteiger partial charge in [0.25, 0.3) is 0 Å². The fraction of sp³-hybridized carbons (Fsp3) is 0.917. The summed E-state index contributed by atoms with van der Waals surface area (Å²) >= 11 is 0. The first-order chi connectivity index (χ1) is 7.74. The second-order valence-electron chi connectivity index (χ2n) is 4.59. The number of hydrogen-bond donors (Lipinski definition) is 1. The Hall–Kier alpha value is -0.610. The third-order valence-electron chi connectivity index (χ3n) is 3.07. The van der Waals surface area contributed by atoms with Crippen molar-refractivity contribution in [3.63, 3.8) is 0 Å². The van der Waals surface area contributed by atoms with Gasteiger partial charge < -0.3 is 15.0 Å². The molecule has 1 atom stereocenters. The Kier molecular flexibility index (Phi) is 6.42. The van der Waals surface area contributed by atoms with Crippen molar-refractivity contribution >= 4 is 5.91 Å². The standard InChI is InChI=1S/C12H24N2O2/c1-14-8-5-6-11(10-14)12(15)13-7-3-4-9-16-2/h11H,3-10H2,1-2H3,(H,13,15)/t11-/m1/s1. The molecular weight excluding hydrogens is 204 g/mol. The van der Waals surface area contributed by atoms with Crippen LogP contribution in [0.5, 0.6) is 0 Å². The predicted octanol–water partition coefficient (Wildman–Crippen LogP) is 0.871. The summed E-state index contributed by atoms with van der Waals surface area (Å²) in [5.41, 5.74) is 0. The van der Waals surface area contributed by atoms with Crippen LogP contribution in [0.15, 0.2) is 0 Å². The fourth-order valence-electron chi connectivity index (χ4n) is 2.11. The highest BCUT2D eigenvalue weighted by Crippen LogP contribution is 2.14. The summed E-state index contributed by atoms with van der Waals surface area (Å²) in [6.45, 7) is 3.59. The van der Waals surface area contributed by atoms with E-state index in [9.17, 15) is 4.79 Å². The molecule has 0 aliphatic carbocycles. The van der Waals surface area contributed by atoms with Gasteiger partial charge in [0.1, 0.15) is 0 Å². The first kappa shape index (κ1) is 13.5. The van der Waals surface area contributed by atoms with Gasteiger partial charge in [-0.25, -0.2) is 0 Å². The van der Waals surface area contributed by atoms with Crippen molar-refractivity contribution in [1.82, 2.24) is 10.2 Å². The van der Waals surface area contributed by atoms with E-state index in [1.807, 2.05) is 0 Å². The molecule has 0 bridgehead atoms. The lowest BCUT2D eigenvalue weighted by molar-refractivity contribution is -0.126. The molecule has 0 spiro atoms. The van der Waals surface area contributed by atoms with Crippen LogP contribution < -0.4 is 5.32 Å². The third kappa shape index (κ3) is 4.94. The van der Waals surface area contributed by atoms with E-state index in [0.717, 1.165) is 51.9 Å². The number of methoxy groups -OCH3 is 1.